The summed E-state index contributed by atoms with van der Waals surface area (Å²) in [4.78, 5) is 31.1. The van der Waals surface area contributed by atoms with Gasteiger partial charge in [0.25, 0.3) is 0 Å². The van der Waals surface area contributed by atoms with Crippen LogP contribution in [0.4, 0.5) is 9.59 Å². The molecule has 0 unspecified atom stereocenters. The van der Waals surface area contributed by atoms with E-state index < -0.39 is 0 Å². The third-order valence-electron chi connectivity index (χ3n) is 6.61. The largest absolute Gasteiger partial charge is 0.450 e. The average Bonchev–Trinajstić information content (AvgIpc) is 2.78. The van der Waals surface area contributed by atoms with Crippen molar-refractivity contribution in [2.75, 3.05) is 39.3 Å². The number of hydrogen-bond donors (Lipinski definition) is 1. The third kappa shape index (κ3) is 5.52. The maximum atomic E-state index is 12.7. The minimum Gasteiger partial charge on any atom is -0.450 e. The molecule has 28 heavy (non-hydrogen) atoms. The fourth-order valence-electron chi connectivity index (χ4n) is 4.92. The molecule has 7 nitrogen and oxygen atoms in total. The van der Waals surface area contributed by atoms with E-state index in [0.29, 0.717) is 18.7 Å². The summed E-state index contributed by atoms with van der Waals surface area (Å²) >= 11 is 0. The number of amides is 3. The summed E-state index contributed by atoms with van der Waals surface area (Å²) in [6, 6.07) is 1.32. The Balaban J connectivity index is 1.46. The highest BCUT2D eigenvalue weighted by Crippen LogP contribution is 2.24. The monoisotopic (exact) mass is 394 g/mol. The van der Waals surface area contributed by atoms with Crippen LogP contribution >= 0.6 is 0 Å². The lowest BCUT2D eigenvalue weighted by atomic mass is 9.97. The predicted octanol–water partition coefficient (Wildman–Crippen LogP) is 3.05. The smallest absolute Gasteiger partial charge is 0.409 e. The van der Waals surface area contributed by atoms with Crippen molar-refractivity contribution in [3.63, 3.8) is 0 Å². The van der Waals surface area contributed by atoms with Crippen LogP contribution in [0.15, 0.2) is 0 Å². The van der Waals surface area contributed by atoms with Crippen molar-refractivity contribution in [3.8, 4) is 0 Å². The molecule has 0 aromatic rings. The Bertz CT molecular complexity index is 514. The van der Waals surface area contributed by atoms with E-state index in [9.17, 15) is 9.59 Å². The fourth-order valence-corrected chi connectivity index (χ4v) is 4.92. The highest BCUT2D eigenvalue weighted by Gasteiger charge is 2.33. The number of likely N-dealkylation sites (tertiary alicyclic amines) is 2. The number of carbonyl (C=O) groups excluding carboxylic acids is 2. The molecule has 3 fully saturated rings. The molecule has 160 valence electrons. The van der Waals surface area contributed by atoms with Gasteiger partial charge in [-0.15, -0.1) is 0 Å². The molecule has 0 aromatic heterocycles. The van der Waals surface area contributed by atoms with Gasteiger partial charge in [0.05, 0.1) is 6.61 Å². The second-order valence-electron chi connectivity index (χ2n) is 8.58. The molecule has 1 atom stereocenters. The number of rotatable bonds is 3. The van der Waals surface area contributed by atoms with Gasteiger partial charge in [0, 0.05) is 50.8 Å². The molecule has 0 spiro atoms. The van der Waals surface area contributed by atoms with Gasteiger partial charge in [0.1, 0.15) is 0 Å². The van der Waals surface area contributed by atoms with E-state index >= 15 is 0 Å². The first-order valence-electron chi connectivity index (χ1n) is 11.3. The second kappa shape index (κ2) is 10.3. The molecule has 1 N–H and O–H groups in total. The number of piperidine rings is 2. The lowest BCUT2D eigenvalue weighted by molar-refractivity contribution is 0.0537. The first-order chi connectivity index (χ1) is 13.6. The Hall–Kier alpha value is -1.50. The molecule has 3 rings (SSSR count). The van der Waals surface area contributed by atoms with Crippen LogP contribution in [0.3, 0.4) is 0 Å². The molecular formula is C21H38N4O3. The van der Waals surface area contributed by atoms with Crippen molar-refractivity contribution >= 4 is 12.1 Å². The SMILES string of the molecule is CCOC(=O)N1CCC(N2CCC(N3CCCCC[C@@H](C)NC3=O)CC2)CC1. The minimum absolute atomic E-state index is 0.135. The van der Waals surface area contributed by atoms with Crippen LogP contribution in [0.2, 0.25) is 0 Å². The van der Waals surface area contributed by atoms with E-state index in [1.165, 1.54) is 12.8 Å². The highest BCUT2D eigenvalue weighted by molar-refractivity contribution is 5.75. The molecule has 3 heterocycles. The van der Waals surface area contributed by atoms with Gasteiger partial charge in [-0.25, -0.2) is 9.59 Å². The topological polar surface area (TPSA) is 65.1 Å². The van der Waals surface area contributed by atoms with Crippen molar-refractivity contribution in [2.24, 2.45) is 0 Å². The van der Waals surface area contributed by atoms with E-state index in [4.69, 9.17) is 4.74 Å². The maximum absolute atomic E-state index is 12.7. The molecule has 0 saturated carbocycles. The van der Waals surface area contributed by atoms with Crippen LogP contribution in [-0.4, -0.2) is 84.3 Å². The summed E-state index contributed by atoms with van der Waals surface area (Å²) in [5.74, 6) is 0. The Morgan fingerprint density at radius 3 is 2.32 bits per heavy atom. The molecular weight excluding hydrogens is 356 g/mol. The predicted molar refractivity (Wildman–Crippen MR) is 109 cm³/mol. The van der Waals surface area contributed by atoms with Gasteiger partial charge in [-0.3, -0.25) is 0 Å². The number of nitrogens with zero attached hydrogens (tertiary/aromatic N) is 3. The van der Waals surface area contributed by atoms with E-state index in [1.54, 1.807) is 0 Å². The van der Waals surface area contributed by atoms with Gasteiger partial charge in [0.2, 0.25) is 0 Å². The quantitative estimate of drug-likeness (QED) is 0.799. The van der Waals surface area contributed by atoms with Crippen LogP contribution < -0.4 is 5.32 Å². The summed E-state index contributed by atoms with van der Waals surface area (Å²) < 4.78 is 5.12. The van der Waals surface area contributed by atoms with Crippen molar-refractivity contribution in [3.05, 3.63) is 0 Å². The van der Waals surface area contributed by atoms with Gasteiger partial charge in [-0.1, -0.05) is 12.8 Å². The number of carbonyl (C=O) groups is 2. The zero-order chi connectivity index (χ0) is 19.9. The molecule has 0 aromatic carbocycles. The van der Waals surface area contributed by atoms with E-state index in [0.717, 1.165) is 71.2 Å². The van der Waals surface area contributed by atoms with Crippen LogP contribution in [0.1, 0.15) is 65.2 Å². The molecule has 0 aliphatic carbocycles. The van der Waals surface area contributed by atoms with Crippen molar-refractivity contribution in [1.29, 1.82) is 0 Å². The van der Waals surface area contributed by atoms with Crippen molar-refractivity contribution in [1.82, 2.24) is 20.0 Å². The Morgan fingerprint density at radius 2 is 1.64 bits per heavy atom. The molecule has 7 heteroatoms. The number of nitrogens with one attached hydrogen (secondary N) is 1. The van der Waals surface area contributed by atoms with E-state index in [2.05, 4.69) is 22.0 Å². The summed E-state index contributed by atoms with van der Waals surface area (Å²) in [5, 5.41) is 3.19. The van der Waals surface area contributed by atoms with Crippen LogP contribution in [-0.2, 0) is 4.74 Å². The first-order valence-corrected chi connectivity index (χ1v) is 11.3. The van der Waals surface area contributed by atoms with E-state index in [1.807, 2.05) is 11.8 Å². The van der Waals surface area contributed by atoms with Gasteiger partial charge < -0.3 is 24.8 Å². The number of hydrogen-bond acceptors (Lipinski definition) is 4. The van der Waals surface area contributed by atoms with Gasteiger partial charge >= 0.3 is 12.1 Å². The standard InChI is InChI=1S/C21H38N4O3/c1-3-28-21(27)24-15-8-18(9-16-24)23-13-10-19(11-14-23)25-12-6-4-5-7-17(2)22-20(25)26/h17-19H,3-16H2,1-2H3,(H,22,26)/t17-/m1/s1. The van der Waals surface area contributed by atoms with Crippen LogP contribution in [0.25, 0.3) is 0 Å². The Labute approximate surface area is 169 Å². The lowest BCUT2D eigenvalue weighted by Crippen LogP contribution is -2.54. The molecule has 3 aliphatic heterocycles. The zero-order valence-corrected chi connectivity index (χ0v) is 17.7. The van der Waals surface area contributed by atoms with Gasteiger partial charge in [0.15, 0.2) is 0 Å². The summed E-state index contributed by atoms with van der Waals surface area (Å²) in [7, 11) is 0. The molecule has 3 saturated heterocycles. The summed E-state index contributed by atoms with van der Waals surface area (Å²) in [6.07, 6.45) is 8.60. The average molecular weight is 395 g/mol. The summed E-state index contributed by atoms with van der Waals surface area (Å²) in [6.45, 7) is 8.97. The molecule has 0 radical (unpaired) electrons. The third-order valence-corrected chi connectivity index (χ3v) is 6.61. The molecule has 3 aliphatic rings. The maximum Gasteiger partial charge on any atom is 0.409 e. The van der Waals surface area contributed by atoms with Gasteiger partial charge in [-0.2, -0.15) is 0 Å². The van der Waals surface area contributed by atoms with E-state index in [-0.39, 0.29) is 18.2 Å². The molecule has 0 bridgehead atoms. The highest BCUT2D eigenvalue weighted by atomic mass is 16.6. The van der Waals surface area contributed by atoms with Crippen molar-refractivity contribution < 1.29 is 14.3 Å². The lowest BCUT2D eigenvalue weighted by Gasteiger charge is -2.43. The van der Waals surface area contributed by atoms with Crippen LogP contribution in [0.5, 0.6) is 0 Å². The number of ether oxygens (including phenoxy) is 1. The zero-order valence-electron chi connectivity index (χ0n) is 17.7. The first kappa shape index (κ1) is 21.2. The summed E-state index contributed by atoms with van der Waals surface area (Å²) in [5.41, 5.74) is 0. The van der Waals surface area contributed by atoms with Crippen LogP contribution in [0, 0.1) is 0 Å². The normalized spacial score (nSPS) is 26.9. The fraction of sp³-hybridized carbons (Fsp3) is 0.905. The number of urea groups is 1. The van der Waals surface area contributed by atoms with Crippen molar-refractivity contribution in [2.45, 2.75) is 83.3 Å². The second-order valence-corrected chi connectivity index (χ2v) is 8.58. The minimum atomic E-state index is -0.173. The Kier molecular flexibility index (Phi) is 7.82. The Morgan fingerprint density at radius 1 is 0.964 bits per heavy atom. The molecule has 3 amide bonds. The van der Waals surface area contributed by atoms with Gasteiger partial charge in [-0.05, 0) is 52.4 Å².